The van der Waals surface area contributed by atoms with Crippen LogP contribution in [0.2, 0.25) is 0 Å². The Bertz CT molecular complexity index is 339. The van der Waals surface area contributed by atoms with Crippen LogP contribution in [0.5, 0.6) is 0 Å². The van der Waals surface area contributed by atoms with Crippen LogP contribution in [0.25, 0.3) is 0 Å². The number of aldehydes is 1. The molecule has 0 saturated heterocycles. The summed E-state index contributed by atoms with van der Waals surface area (Å²) in [6, 6.07) is 2.78. The van der Waals surface area contributed by atoms with Gasteiger partial charge < -0.3 is 0 Å². The molecule has 0 aliphatic heterocycles. The van der Waals surface area contributed by atoms with E-state index in [1.54, 1.807) is 0 Å². The fourth-order valence-electron chi connectivity index (χ4n) is 0.775. The Morgan fingerprint density at radius 1 is 1.43 bits per heavy atom. The number of rotatable bonds is 2. The molecule has 0 spiro atoms. The monoisotopic (exact) mass is 199 g/mol. The van der Waals surface area contributed by atoms with Crippen molar-refractivity contribution in [2.45, 2.75) is 13.8 Å². The third kappa shape index (κ3) is 2.93. The molecular formula is C9H10FNO3. The molecule has 1 aromatic rings. The summed E-state index contributed by atoms with van der Waals surface area (Å²) in [6.45, 7) is 4.00. The molecule has 0 atom stereocenters. The second kappa shape index (κ2) is 5.80. The zero-order valence-electron chi connectivity index (χ0n) is 7.86. The molecule has 1 rings (SSSR count). The minimum atomic E-state index is -0.799. The van der Waals surface area contributed by atoms with E-state index < -0.39 is 16.4 Å². The summed E-state index contributed by atoms with van der Waals surface area (Å²) in [5, 5.41) is 10.2. The second-order valence-electron chi connectivity index (χ2n) is 2.08. The highest BCUT2D eigenvalue weighted by atomic mass is 19.1. The Morgan fingerprint density at radius 3 is 2.43 bits per heavy atom. The molecule has 0 aliphatic rings. The Labute approximate surface area is 80.5 Å². The van der Waals surface area contributed by atoms with Gasteiger partial charge in [-0.1, -0.05) is 13.8 Å². The van der Waals surface area contributed by atoms with Crippen LogP contribution < -0.4 is 0 Å². The van der Waals surface area contributed by atoms with Gasteiger partial charge in [0.05, 0.1) is 16.6 Å². The fraction of sp³-hybridized carbons (Fsp3) is 0.222. The minimum Gasteiger partial charge on any atom is -0.298 e. The summed E-state index contributed by atoms with van der Waals surface area (Å²) in [7, 11) is 0. The third-order valence-electron chi connectivity index (χ3n) is 1.32. The maximum absolute atomic E-state index is 12.4. The van der Waals surface area contributed by atoms with E-state index in [1.807, 2.05) is 13.8 Å². The molecular weight excluding hydrogens is 189 g/mol. The predicted molar refractivity (Wildman–Crippen MR) is 49.8 cm³/mol. The maximum atomic E-state index is 12.4. The summed E-state index contributed by atoms with van der Waals surface area (Å²) >= 11 is 0. The van der Waals surface area contributed by atoms with Crippen molar-refractivity contribution in [2.24, 2.45) is 0 Å². The van der Waals surface area contributed by atoms with E-state index in [2.05, 4.69) is 0 Å². The number of hydrogen-bond donors (Lipinski definition) is 0. The number of carbonyl (C=O) groups is 1. The highest BCUT2D eigenvalue weighted by molar-refractivity contribution is 5.81. The smallest absolute Gasteiger partial charge is 0.282 e. The number of nitro groups is 1. The average Bonchev–Trinajstić information content (AvgIpc) is 2.20. The van der Waals surface area contributed by atoms with E-state index >= 15 is 0 Å². The van der Waals surface area contributed by atoms with Crippen LogP contribution in [0, 0.1) is 15.9 Å². The maximum Gasteiger partial charge on any atom is 0.282 e. The predicted octanol–water partition coefficient (Wildman–Crippen LogP) is 2.57. The summed E-state index contributed by atoms with van der Waals surface area (Å²) in [6.07, 6.45) is 0.317. The van der Waals surface area contributed by atoms with Gasteiger partial charge >= 0.3 is 0 Å². The van der Waals surface area contributed by atoms with Crippen molar-refractivity contribution in [3.05, 3.63) is 39.7 Å². The first kappa shape index (κ1) is 12.2. The summed E-state index contributed by atoms with van der Waals surface area (Å²) < 4.78 is 12.4. The van der Waals surface area contributed by atoms with Crippen molar-refractivity contribution in [1.82, 2.24) is 0 Å². The molecule has 0 N–H and O–H groups in total. The van der Waals surface area contributed by atoms with Crippen LogP contribution >= 0.6 is 0 Å². The Balaban J connectivity index is 0.000000791. The summed E-state index contributed by atoms with van der Waals surface area (Å²) in [5.41, 5.74) is -0.633. The molecule has 0 saturated carbocycles. The van der Waals surface area contributed by atoms with Gasteiger partial charge in [-0.05, 0) is 12.1 Å². The first-order chi connectivity index (χ1) is 6.65. The number of carbonyl (C=O) groups excluding carboxylic acids is 1. The lowest BCUT2D eigenvalue weighted by Gasteiger charge is -1.93. The van der Waals surface area contributed by atoms with Gasteiger partial charge in [0, 0.05) is 0 Å². The van der Waals surface area contributed by atoms with Gasteiger partial charge in [-0.25, -0.2) is 4.39 Å². The van der Waals surface area contributed by atoms with Crippen molar-refractivity contribution in [1.29, 1.82) is 0 Å². The topological polar surface area (TPSA) is 60.2 Å². The quantitative estimate of drug-likeness (QED) is 0.417. The lowest BCUT2D eigenvalue weighted by molar-refractivity contribution is -0.385. The van der Waals surface area contributed by atoms with Crippen molar-refractivity contribution in [3.8, 4) is 0 Å². The van der Waals surface area contributed by atoms with Crippen molar-refractivity contribution in [2.75, 3.05) is 0 Å². The van der Waals surface area contributed by atoms with Crippen LogP contribution in [-0.4, -0.2) is 11.2 Å². The number of nitro benzene ring substituents is 1. The molecule has 0 bridgehead atoms. The zero-order valence-corrected chi connectivity index (χ0v) is 7.86. The molecule has 0 aliphatic carbocycles. The van der Waals surface area contributed by atoms with Crippen LogP contribution in [0.4, 0.5) is 10.1 Å². The van der Waals surface area contributed by atoms with Gasteiger partial charge in [-0.2, -0.15) is 0 Å². The minimum absolute atomic E-state index is 0.124. The molecule has 0 fully saturated rings. The van der Waals surface area contributed by atoms with E-state index in [0.717, 1.165) is 12.1 Å². The fourth-order valence-corrected chi connectivity index (χ4v) is 0.775. The highest BCUT2D eigenvalue weighted by Crippen LogP contribution is 2.17. The van der Waals surface area contributed by atoms with Gasteiger partial charge in [0.1, 0.15) is 5.82 Å². The molecule has 0 radical (unpaired) electrons. The summed E-state index contributed by atoms with van der Waals surface area (Å²) in [5.74, 6) is -0.729. The molecule has 1 aromatic carbocycles. The zero-order chi connectivity index (χ0) is 11.1. The SMILES string of the molecule is CC.O=Cc1ccc(F)cc1[N+](=O)[O-]. The number of hydrogen-bond acceptors (Lipinski definition) is 3. The van der Waals surface area contributed by atoms with Gasteiger partial charge in [-0.3, -0.25) is 14.9 Å². The lowest BCUT2D eigenvalue weighted by atomic mass is 10.2. The van der Waals surface area contributed by atoms with Crippen LogP contribution in [-0.2, 0) is 0 Å². The van der Waals surface area contributed by atoms with Crippen molar-refractivity contribution >= 4 is 12.0 Å². The van der Waals surface area contributed by atoms with Gasteiger partial charge in [0.15, 0.2) is 6.29 Å². The summed E-state index contributed by atoms with van der Waals surface area (Å²) in [4.78, 5) is 19.6. The molecule has 76 valence electrons. The first-order valence-electron chi connectivity index (χ1n) is 4.04. The second-order valence-corrected chi connectivity index (χ2v) is 2.08. The third-order valence-corrected chi connectivity index (χ3v) is 1.32. The Hall–Kier alpha value is -1.78. The van der Waals surface area contributed by atoms with Crippen molar-refractivity contribution < 1.29 is 14.1 Å². The van der Waals surface area contributed by atoms with E-state index in [-0.39, 0.29) is 5.56 Å². The highest BCUT2D eigenvalue weighted by Gasteiger charge is 2.13. The van der Waals surface area contributed by atoms with Crippen LogP contribution in [0.15, 0.2) is 18.2 Å². The molecule has 4 nitrogen and oxygen atoms in total. The average molecular weight is 199 g/mol. The molecule has 0 aromatic heterocycles. The van der Waals surface area contributed by atoms with E-state index in [1.165, 1.54) is 0 Å². The molecule has 14 heavy (non-hydrogen) atoms. The molecule has 5 heteroatoms. The van der Waals surface area contributed by atoms with Crippen LogP contribution in [0.3, 0.4) is 0 Å². The van der Waals surface area contributed by atoms with E-state index in [0.29, 0.717) is 12.4 Å². The molecule has 0 amide bonds. The number of halogens is 1. The standard InChI is InChI=1S/C7H4FNO3.C2H6/c8-6-2-1-5(4-10)7(3-6)9(11)12;1-2/h1-4H;1-2H3. The molecule has 0 heterocycles. The number of benzene rings is 1. The Kier molecular flexibility index (Phi) is 5.06. The first-order valence-corrected chi connectivity index (χ1v) is 4.04. The largest absolute Gasteiger partial charge is 0.298 e. The van der Waals surface area contributed by atoms with E-state index in [4.69, 9.17) is 0 Å². The van der Waals surface area contributed by atoms with Gasteiger partial charge in [0.25, 0.3) is 5.69 Å². The van der Waals surface area contributed by atoms with Gasteiger partial charge in [0.2, 0.25) is 0 Å². The lowest BCUT2D eigenvalue weighted by Crippen LogP contribution is -1.94. The van der Waals surface area contributed by atoms with Crippen LogP contribution in [0.1, 0.15) is 24.2 Å². The Morgan fingerprint density at radius 2 is 2.00 bits per heavy atom. The van der Waals surface area contributed by atoms with E-state index in [9.17, 15) is 19.3 Å². The van der Waals surface area contributed by atoms with Crippen molar-refractivity contribution in [3.63, 3.8) is 0 Å². The van der Waals surface area contributed by atoms with Gasteiger partial charge in [-0.15, -0.1) is 0 Å². The normalized spacial score (nSPS) is 8.50. The number of nitrogens with zero attached hydrogens (tertiary/aromatic N) is 1. The molecule has 0 unspecified atom stereocenters.